The Hall–Kier alpha value is -2.50. The second kappa shape index (κ2) is 7.25. The van der Waals surface area contributed by atoms with Gasteiger partial charge in [-0.05, 0) is 56.7 Å². The fraction of sp³-hybridized carbons (Fsp3) is 0.200. The minimum Gasteiger partial charge on any atom is -0.465 e. The van der Waals surface area contributed by atoms with E-state index in [9.17, 15) is 9.59 Å². The SMILES string of the molecule is COC(=O)C1=C(C)NC(=O)C1=Cc1cc(C)n(-c2cc(Cl)cc(Cl)c2)c1C. The number of esters is 1. The van der Waals surface area contributed by atoms with Crippen LogP contribution in [0.15, 0.2) is 41.1 Å². The highest BCUT2D eigenvalue weighted by Gasteiger charge is 2.31. The van der Waals surface area contributed by atoms with E-state index in [2.05, 4.69) is 5.32 Å². The maximum atomic E-state index is 12.3. The highest BCUT2D eigenvalue weighted by atomic mass is 35.5. The van der Waals surface area contributed by atoms with Gasteiger partial charge in [-0.15, -0.1) is 0 Å². The van der Waals surface area contributed by atoms with Crippen molar-refractivity contribution in [1.29, 1.82) is 0 Å². The lowest BCUT2D eigenvalue weighted by atomic mass is 10.0. The molecule has 5 nitrogen and oxygen atoms in total. The number of ether oxygens (including phenoxy) is 1. The normalized spacial score (nSPS) is 15.5. The molecular formula is C20H18Cl2N2O3. The number of hydrogen-bond acceptors (Lipinski definition) is 3. The number of halogens is 2. The predicted octanol–water partition coefficient (Wildman–Crippen LogP) is 4.36. The minimum absolute atomic E-state index is 0.248. The summed E-state index contributed by atoms with van der Waals surface area (Å²) in [7, 11) is 1.29. The van der Waals surface area contributed by atoms with E-state index in [1.807, 2.05) is 36.6 Å². The maximum absolute atomic E-state index is 12.3. The Morgan fingerprint density at radius 1 is 1.11 bits per heavy atom. The number of aromatic nitrogens is 1. The molecule has 1 aliphatic heterocycles. The predicted molar refractivity (Wildman–Crippen MR) is 106 cm³/mol. The number of allylic oxidation sites excluding steroid dienone is 1. The van der Waals surface area contributed by atoms with E-state index in [1.54, 1.807) is 19.1 Å². The summed E-state index contributed by atoms with van der Waals surface area (Å²) in [6, 6.07) is 7.24. The Labute approximate surface area is 167 Å². The van der Waals surface area contributed by atoms with Crippen molar-refractivity contribution in [3.8, 4) is 5.69 Å². The Morgan fingerprint density at radius 3 is 2.33 bits per heavy atom. The molecule has 2 heterocycles. The van der Waals surface area contributed by atoms with Gasteiger partial charge in [0.15, 0.2) is 0 Å². The van der Waals surface area contributed by atoms with Crippen molar-refractivity contribution in [3.05, 3.63) is 68.1 Å². The molecule has 0 radical (unpaired) electrons. The number of benzene rings is 1. The molecule has 0 atom stereocenters. The van der Waals surface area contributed by atoms with Gasteiger partial charge in [-0.1, -0.05) is 23.2 Å². The lowest BCUT2D eigenvalue weighted by Gasteiger charge is -2.11. The zero-order valence-electron chi connectivity index (χ0n) is 15.3. The third-order valence-electron chi connectivity index (χ3n) is 4.46. The molecule has 0 saturated carbocycles. The molecule has 0 unspecified atom stereocenters. The number of nitrogens with one attached hydrogen (secondary N) is 1. The number of carbonyl (C=O) groups is 2. The van der Waals surface area contributed by atoms with Gasteiger partial charge in [-0.25, -0.2) is 4.79 Å². The molecule has 1 aromatic heterocycles. The Morgan fingerprint density at radius 2 is 1.74 bits per heavy atom. The van der Waals surface area contributed by atoms with Crippen LogP contribution in [0, 0.1) is 13.8 Å². The first-order valence-electron chi connectivity index (χ1n) is 8.21. The van der Waals surface area contributed by atoms with Crippen LogP contribution in [0.4, 0.5) is 0 Å². The zero-order chi connectivity index (χ0) is 19.9. The largest absolute Gasteiger partial charge is 0.465 e. The van der Waals surface area contributed by atoms with Crippen LogP contribution in [0.2, 0.25) is 10.0 Å². The number of amides is 1. The van der Waals surface area contributed by atoms with E-state index in [4.69, 9.17) is 27.9 Å². The summed E-state index contributed by atoms with van der Waals surface area (Å²) >= 11 is 12.3. The maximum Gasteiger partial charge on any atom is 0.340 e. The molecule has 1 N–H and O–H groups in total. The van der Waals surface area contributed by atoms with Crippen molar-refractivity contribution in [3.63, 3.8) is 0 Å². The lowest BCUT2D eigenvalue weighted by molar-refractivity contribution is -0.136. The first kappa shape index (κ1) is 19.3. The molecule has 7 heteroatoms. The van der Waals surface area contributed by atoms with E-state index in [0.29, 0.717) is 15.7 Å². The first-order chi connectivity index (χ1) is 12.7. The molecule has 0 aliphatic carbocycles. The van der Waals surface area contributed by atoms with Crippen LogP contribution in [0.5, 0.6) is 0 Å². The molecule has 1 amide bonds. The second-order valence-electron chi connectivity index (χ2n) is 6.29. The molecule has 0 saturated heterocycles. The highest BCUT2D eigenvalue weighted by molar-refractivity contribution is 6.34. The van der Waals surface area contributed by atoms with E-state index in [-0.39, 0.29) is 17.1 Å². The van der Waals surface area contributed by atoms with Crippen LogP contribution in [-0.2, 0) is 14.3 Å². The summed E-state index contributed by atoms with van der Waals surface area (Å²) in [5, 5.41) is 3.74. The summed E-state index contributed by atoms with van der Waals surface area (Å²) in [5.41, 5.74) is 4.47. The molecular weight excluding hydrogens is 387 g/mol. The van der Waals surface area contributed by atoms with E-state index in [0.717, 1.165) is 22.6 Å². The average Bonchev–Trinajstić information content (AvgIpc) is 3.01. The van der Waals surface area contributed by atoms with Gasteiger partial charge in [0.25, 0.3) is 5.91 Å². The number of methoxy groups -OCH3 is 1. The standard InChI is InChI=1S/C20H18Cl2N2O3/c1-10-5-13(6-17-18(20(26)27-4)11(2)23-19(17)25)12(3)24(10)16-8-14(21)7-15(22)9-16/h5-9H,1-4H3,(H,23,25). The summed E-state index contributed by atoms with van der Waals surface area (Å²) in [4.78, 5) is 24.4. The van der Waals surface area contributed by atoms with Crippen LogP contribution in [0.3, 0.4) is 0 Å². The number of rotatable bonds is 3. The second-order valence-corrected chi connectivity index (χ2v) is 7.17. The molecule has 0 fully saturated rings. The number of carbonyl (C=O) groups excluding carboxylic acids is 2. The zero-order valence-corrected chi connectivity index (χ0v) is 16.8. The molecule has 0 bridgehead atoms. The van der Waals surface area contributed by atoms with Gasteiger partial charge in [0.1, 0.15) is 0 Å². The van der Waals surface area contributed by atoms with E-state index >= 15 is 0 Å². The number of aryl methyl sites for hydroxylation is 1. The van der Waals surface area contributed by atoms with Crippen LogP contribution < -0.4 is 5.32 Å². The molecule has 0 spiro atoms. The van der Waals surface area contributed by atoms with Gasteiger partial charge in [0.2, 0.25) is 0 Å². The van der Waals surface area contributed by atoms with Gasteiger partial charge in [0.05, 0.1) is 18.3 Å². The quantitative estimate of drug-likeness (QED) is 0.610. The Bertz CT molecular complexity index is 1010. The number of hydrogen-bond donors (Lipinski definition) is 1. The van der Waals surface area contributed by atoms with Gasteiger partial charge < -0.3 is 14.6 Å². The van der Waals surface area contributed by atoms with Gasteiger partial charge in [-0.2, -0.15) is 0 Å². The fourth-order valence-electron chi connectivity index (χ4n) is 3.27. The van der Waals surface area contributed by atoms with Crippen molar-refractivity contribution in [2.24, 2.45) is 0 Å². The summed E-state index contributed by atoms with van der Waals surface area (Å²) in [6.07, 6.45) is 1.70. The summed E-state index contributed by atoms with van der Waals surface area (Å²) in [5.74, 6) is -0.879. The monoisotopic (exact) mass is 404 g/mol. The van der Waals surface area contributed by atoms with E-state index in [1.165, 1.54) is 7.11 Å². The molecule has 1 aliphatic rings. The van der Waals surface area contributed by atoms with Gasteiger partial charge in [0, 0.05) is 32.8 Å². The fourth-order valence-corrected chi connectivity index (χ4v) is 3.79. The first-order valence-corrected chi connectivity index (χ1v) is 8.96. The van der Waals surface area contributed by atoms with Crippen molar-refractivity contribution in [1.82, 2.24) is 9.88 Å². The smallest absolute Gasteiger partial charge is 0.340 e. The van der Waals surface area contributed by atoms with Crippen molar-refractivity contribution in [2.45, 2.75) is 20.8 Å². The van der Waals surface area contributed by atoms with Crippen molar-refractivity contribution in [2.75, 3.05) is 7.11 Å². The summed E-state index contributed by atoms with van der Waals surface area (Å²) < 4.78 is 6.80. The summed E-state index contributed by atoms with van der Waals surface area (Å²) in [6.45, 7) is 5.54. The highest BCUT2D eigenvalue weighted by Crippen LogP contribution is 2.30. The van der Waals surface area contributed by atoms with Crippen molar-refractivity contribution >= 4 is 41.2 Å². The topological polar surface area (TPSA) is 60.3 Å². The van der Waals surface area contributed by atoms with Crippen LogP contribution in [0.25, 0.3) is 11.8 Å². The van der Waals surface area contributed by atoms with E-state index < -0.39 is 5.97 Å². The van der Waals surface area contributed by atoms with Crippen LogP contribution in [-0.4, -0.2) is 23.6 Å². The minimum atomic E-state index is -0.549. The van der Waals surface area contributed by atoms with Gasteiger partial charge >= 0.3 is 5.97 Å². The third kappa shape index (κ3) is 3.53. The lowest BCUT2D eigenvalue weighted by Crippen LogP contribution is -2.15. The molecule has 3 rings (SSSR count). The molecule has 140 valence electrons. The molecule has 2 aromatic rings. The van der Waals surface area contributed by atoms with Crippen LogP contribution >= 0.6 is 23.2 Å². The third-order valence-corrected chi connectivity index (χ3v) is 4.89. The Kier molecular flexibility index (Phi) is 5.18. The molecule has 1 aromatic carbocycles. The van der Waals surface area contributed by atoms with Crippen molar-refractivity contribution < 1.29 is 14.3 Å². The van der Waals surface area contributed by atoms with Gasteiger partial charge in [-0.3, -0.25) is 4.79 Å². The number of nitrogens with zero attached hydrogens (tertiary/aromatic N) is 1. The Balaban J connectivity index is 2.13. The molecule has 27 heavy (non-hydrogen) atoms. The van der Waals surface area contributed by atoms with Crippen LogP contribution in [0.1, 0.15) is 23.9 Å². The average molecular weight is 405 g/mol.